The molecule has 4 heteroatoms. The van der Waals surface area contributed by atoms with E-state index >= 15 is 0 Å². The van der Waals surface area contributed by atoms with Crippen LogP contribution in [0.25, 0.3) is 0 Å². The Balaban J connectivity index is 3.09. The fourth-order valence-corrected chi connectivity index (χ4v) is 1.69. The van der Waals surface area contributed by atoms with Crippen molar-refractivity contribution in [2.45, 2.75) is 53.5 Å². The minimum atomic E-state index is 0.187. The van der Waals surface area contributed by atoms with Crippen LogP contribution >= 0.6 is 0 Å². The number of anilines is 2. The Bertz CT molecular complexity index is 407. The highest BCUT2D eigenvalue weighted by atomic mass is 15.2. The number of hydrogen-bond acceptors (Lipinski definition) is 4. The van der Waals surface area contributed by atoms with Crippen LogP contribution in [0.15, 0.2) is 6.07 Å². The molecule has 1 atom stereocenters. The Labute approximate surface area is 111 Å². The Kier molecular flexibility index (Phi) is 4.20. The summed E-state index contributed by atoms with van der Waals surface area (Å²) in [5.41, 5.74) is 6.05. The van der Waals surface area contributed by atoms with E-state index in [9.17, 15) is 0 Å². The van der Waals surface area contributed by atoms with Crippen LogP contribution in [0.3, 0.4) is 0 Å². The molecule has 18 heavy (non-hydrogen) atoms. The Morgan fingerprint density at radius 3 is 2.17 bits per heavy atom. The van der Waals surface area contributed by atoms with Gasteiger partial charge in [0.05, 0.1) is 0 Å². The Hall–Kier alpha value is -1.32. The van der Waals surface area contributed by atoms with E-state index in [2.05, 4.69) is 63.5 Å². The number of nitrogens with zero attached hydrogens (tertiary/aromatic N) is 3. The zero-order chi connectivity index (χ0) is 14.1. The first kappa shape index (κ1) is 14.7. The van der Waals surface area contributed by atoms with E-state index in [0.717, 1.165) is 11.6 Å². The summed E-state index contributed by atoms with van der Waals surface area (Å²) < 4.78 is 0. The third-order valence-electron chi connectivity index (χ3n) is 3.46. The predicted molar refractivity (Wildman–Crippen MR) is 77.9 cm³/mol. The predicted octanol–water partition coefficient (Wildman–Crippen LogP) is 3.05. The molecule has 0 radical (unpaired) electrons. The van der Waals surface area contributed by atoms with Gasteiger partial charge in [0.25, 0.3) is 0 Å². The van der Waals surface area contributed by atoms with E-state index < -0.39 is 0 Å². The van der Waals surface area contributed by atoms with Gasteiger partial charge in [-0.3, -0.25) is 0 Å². The van der Waals surface area contributed by atoms with Crippen molar-refractivity contribution in [2.75, 3.05) is 17.7 Å². The van der Waals surface area contributed by atoms with E-state index in [4.69, 9.17) is 5.73 Å². The second kappa shape index (κ2) is 5.12. The first-order chi connectivity index (χ1) is 8.12. The number of nitrogens with two attached hydrogens (primary N) is 1. The topological polar surface area (TPSA) is 55.0 Å². The van der Waals surface area contributed by atoms with Crippen molar-refractivity contribution in [3.05, 3.63) is 11.9 Å². The normalized spacial score (nSPS) is 13.8. The molecule has 1 aromatic rings. The summed E-state index contributed by atoms with van der Waals surface area (Å²) in [5.74, 6) is 2.52. The van der Waals surface area contributed by atoms with Crippen molar-refractivity contribution in [3.8, 4) is 0 Å². The molecule has 0 aliphatic rings. The molecule has 0 saturated heterocycles. The van der Waals surface area contributed by atoms with Gasteiger partial charge in [0.2, 0.25) is 0 Å². The molecule has 0 saturated carbocycles. The first-order valence-corrected chi connectivity index (χ1v) is 6.50. The highest BCUT2D eigenvalue weighted by molar-refractivity contribution is 5.47. The molecule has 1 unspecified atom stereocenters. The molecule has 102 valence electrons. The Morgan fingerprint density at radius 1 is 1.17 bits per heavy atom. The lowest BCUT2D eigenvalue weighted by Gasteiger charge is -2.36. The average Bonchev–Trinajstić information content (AvgIpc) is 2.24. The van der Waals surface area contributed by atoms with Crippen LogP contribution < -0.4 is 10.6 Å². The molecule has 0 amide bonds. The van der Waals surface area contributed by atoms with Gasteiger partial charge in [0, 0.05) is 25.1 Å². The first-order valence-electron chi connectivity index (χ1n) is 6.50. The molecule has 0 aliphatic heterocycles. The van der Waals surface area contributed by atoms with Crippen LogP contribution in [0.1, 0.15) is 53.3 Å². The van der Waals surface area contributed by atoms with Crippen molar-refractivity contribution in [2.24, 2.45) is 5.41 Å². The monoisotopic (exact) mass is 250 g/mol. The van der Waals surface area contributed by atoms with Crippen LogP contribution in [0.4, 0.5) is 11.6 Å². The molecular weight excluding hydrogens is 224 g/mol. The quantitative estimate of drug-likeness (QED) is 0.895. The third-order valence-corrected chi connectivity index (χ3v) is 3.46. The Morgan fingerprint density at radius 2 is 1.72 bits per heavy atom. The smallest absolute Gasteiger partial charge is 0.135 e. The van der Waals surface area contributed by atoms with Crippen molar-refractivity contribution >= 4 is 11.6 Å². The molecule has 0 aliphatic carbocycles. The second-order valence-electron chi connectivity index (χ2n) is 6.32. The zero-order valence-electron chi connectivity index (χ0n) is 12.7. The van der Waals surface area contributed by atoms with Gasteiger partial charge in [-0.05, 0) is 12.3 Å². The highest BCUT2D eigenvalue weighted by Crippen LogP contribution is 2.27. The minimum absolute atomic E-state index is 0.187. The van der Waals surface area contributed by atoms with Gasteiger partial charge < -0.3 is 10.6 Å². The fraction of sp³-hybridized carbons (Fsp3) is 0.714. The molecule has 2 N–H and O–H groups in total. The maximum absolute atomic E-state index is 5.87. The number of nitrogen functional groups attached to an aromatic ring is 1. The van der Waals surface area contributed by atoms with Gasteiger partial charge in [-0.1, -0.05) is 34.6 Å². The van der Waals surface area contributed by atoms with Crippen LogP contribution in [-0.2, 0) is 0 Å². The van der Waals surface area contributed by atoms with E-state index in [1.807, 2.05) is 6.07 Å². The molecule has 0 spiro atoms. The largest absolute Gasteiger partial charge is 0.384 e. The number of hydrogen-bond donors (Lipinski definition) is 1. The highest BCUT2D eigenvalue weighted by Gasteiger charge is 2.25. The molecule has 0 bridgehead atoms. The van der Waals surface area contributed by atoms with Crippen LogP contribution in [0, 0.1) is 5.41 Å². The average molecular weight is 250 g/mol. The minimum Gasteiger partial charge on any atom is -0.384 e. The van der Waals surface area contributed by atoms with Crippen LogP contribution in [-0.4, -0.2) is 23.1 Å². The summed E-state index contributed by atoms with van der Waals surface area (Å²) in [4.78, 5) is 11.1. The third kappa shape index (κ3) is 3.34. The van der Waals surface area contributed by atoms with Gasteiger partial charge in [-0.25, -0.2) is 9.97 Å². The van der Waals surface area contributed by atoms with Crippen molar-refractivity contribution in [1.82, 2.24) is 9.97 Å². The van der Waals surface area contributed by atoms with E-state index in [1.165, 1.54) is 0 Å². The van der Waals surface area contributed by atoms with Crippen molar-refractivity contribution in [1.29, 1.82) is 0 Å². The maximum atomic E-state index is 5.87. The summed E-state index contributed by atoms with van der Waals surface area (Å²) in [5, 5.41) is 0. The van der Waals surface area contributed by atoms with Gasteiger partial charge in [0.15, 0.2) is 0 Å². The lowest BCUT2D eigenvalue weighted by molar-refractivity contribution is 0.328. The van der Waals surface area contributed by atoms with Gasteiger partial charge >= 0.3 is 0 Å². The van der Waals surface area contributed by atoms with E-state index in [-0.39, 0.29) is 11.3 Å². The lowest BCUT2D eigenvalue weighted by atomic mass is 9.87. The summed E-state index contributed by atoms with van der Waals surface area (Å²) in [6.45, 7) is 13.0. The van der Waals surface area contributed by atoms with Gasteiger partial charge in [0.1, 0.15) is 17.5 Å². The zero-order valence-corrected chi connectivity index (χ0v) is 12.7. The summed E-state index contributed by atoms with van der Waals surface area (Å²) in [6, 6.07) is 2.21. The molecule has 0 fully saturated rings. The maximum Gasteiger partial charge on any atom is 0.135 e. The fourth-order valence-electron chi connectivity index (χ4n) is 1.69. The molecule has 1 aromatic heterocycles. The van der Waals surface area contributed by atoms with E-state index in [1.54, 1.807) is 0 Å². The molecule has 0 aromatic carbocycles. The van der Waals surface area contributed by atoms with Crippen molar-refractivity contribution in [3.63, 3.8) is 0 Å². The van der Waals surface area contributed by atoms with Gasteiger partial charge in [-0.15, -0.1) is 0 Å². The summed E-state index contributed by atoms with van der Waals surface area (Å²) in [6.07, 6.45) is 0. The van der Waals surface area contributed by atoms with Crippen LogP contribution in [0.2, 0.25) is 0 Å². The lowest BCUT2D eigenvalue weighted by Crippen LogP contribution is -2.40. The number of aromatic nitrogens is 2. The summed E-state index contributed by atoms with van der Waals surface area (Å²) >= 11 is 0. The van der Waals surface area contributed by atoms with Gasteiger partial charge in [-0.2, -0.15) is 0 Å². The molecular formula is C14H26N4. The second-order valence-corrected chi connectivity index (χ2v) is 6.32. The van der Waals surface area contributed by atoms with E-state index in [0.29, 0.717) is 11.9 Å². The molecule has 1 rings (SSSR count). The molecule has 1 heterocycles. The van der Waals surface area contributed by atoms with Crippen LogP contribution in [0.5, 0.6) is 0 Å². The molecule has 4 nitrogen and oxygen atoms in total. The number of rotatable bonds is 3. The summed E-state index contributed by atoms with van der Waals surface area (Å²) in [7, 11) is 2.06. The standard InChI is InChI=1S/C14H26N4/c1-9(2)13-16-11(15)8-12(17-13)18(7)10(3)14(4,5)6/h8-10H,1-7H3,(H2,15,16,17). The SMILES string of the molecule is CC(C)c1nc(N)cc(N(C)C(C)C(C)(C)C)n1. The van der Waals surface area contributed by atoms with Crippen molar-refractivity contribution < 1.29 is 0 Å².